The van der Waals surface area contributed by atoms with Crippen molar-refractivity contribution in [2.75, 3.05) is 37.7 Å². The first-order chi connectivity index (χ1) is 34.4. The first-order valence-electron chi connectivity index (χ1n) is 26.0. The summed E-state index contributed by atoms with van der Waals surface area (Å²) in [7, 11) is 0. The summed E-state index contributed by atoms with van der Waals surface area (Å²) >= 11 is -1.40. The van der Waals surface area contributed by atoms with Crippen molar-refractivity contribution < 1.29 is 56.5 Å². The molecule has 18 heteroatoms. The summed E-state index contributed by atoms with van der Waals surface area (Å²) in [6.45, 7) is 6.85. The Morgan fingerprint density at radius 1 is 0.806 bits per heavy atom. The molecule has 0 radical (unpaired) electrons. The van der Waals surface area contributed by atoms with Crippen molar-refractivity contribution in [2.24, 2.45) is 23.7 Å². The number of unbranched alkanes of at least 4 members (excludes halogenated alkanes) is 6. The second-order valence-corrected chi connectivity index (χ2v) is 22.7. The van der Waals surface area contributed by atoms with Crippen LogP contribution in [0.1, 0.15) is 138 Å². The minimum atomic E-state index is -5.57. The lowest BCUT2D eigenvalue weighted by molar-refractivity contribution is -0.284. The molecular weight excluding hydrogens is 958 g/mol. The molecule has 4 aromatic rings. The fourth-order valence-electron chi connectivity index (χ4n) is 12.2. The fraction of sp³-hybridized carbons (Fsp3) is 0.611. The second kappa shape index (κ2) is 23.3. The summed E-state index contributed by atoms with van der Waals surface area (Å²) in [6.07, 6.45) is 4.79. The Hall–Kier alpha value is -4.65. The zero-order chi connectivity index (χ0) is 51.3. The van der Waals surface area contributed by atoms with Gasteiger partial charge in [-0.25, -0.2) is 9.36 Å². The molecule has 3 fully saturated rings. The molecule has 7 atom stereocenters. The number of rotatable bonds is 20. The number of halogens is 5. The number of aliphatic hydroxyl groups excluding tert-OH is 1. The number of aliphatic hydroxyl groups is 1. The number of nitrogens with zero attached hydrogens (tertiary/aromatic N) is 5. The molecule has 0 bridgehead atoms. The zero-order valence-corrected chi connectivity index (χ0v) is 42.2. The van der Waals surface area contributed by atoms with Crippen LogP contribution in [0, 0.1) is 23.7 Å². The van der Waals surface area contributed by atoms with Gasteiger partial charge in [-0.3, -0.25) is 4.90 Å². The number of piperazine rings is 1. The van der Waals surface area contributed by atoms with Crippen LogP contribution in [0.3, 0.4) is 0 Å². The first kappa shape index (κ1) is 53.6. The minimum absolute atomic E-state index is 0.0189. The molecule has 3 aliphatic carbocycles. The van der Waals surface area contributed by atoms with Crippen molar-refractivity contribution >= 4 is 17.3 Å². The Kier molecular flexibility index (Phi) is 17.3. The van der Waals surface area contributed by atoms with Crippen molar-refractivity contribution in [1.82, 2.24) is 24.6 Å². The van der Waals surface area contributed by atoms with E-state index < -0.39 is 36.1 Å². The first-order valence-corrected chi connectivity index (χ1v) is 27.5. The van der Waals surface area contributed by atoms with Gasteiger partial charge in [0.2, 0.25) is 0 Å². The number of benzene rings is 3. The van der Waals surface area contributed by atoms with Gasteiger partial charge in [-0.1, -0.05) is 80.4 Å². The Labute approximate surface area is 422 Å². The number of aromatic nitrogens is 3. The molecule has 2 saturated carbocycles. The van der Waals surface area contributed by atoms with Crippen molar-refractivity contribution in [3.8, 4) is 40.3 Å². The van der Waals surface area contributed by atoms with Crippen molar-refractivity contribution in [3.05, 3.63) is 76.9 Å². The van der Waals surface area contributed by atoms with E-state index in [9.17, 15) is 51.7 Å². The Bertz CT molecular complexity index is 2450. The van der Waals surface area contributed by atoms with Crippen LogP contribution in [0.25, 0.3) is 17.1 Å². The number of amides is 1. The summed E-state index contributed by atoms with van der Waals surface area (Å²) in [4.78, 5) is 17.6. The third-order valence-electron chi connectivity index (χ3n) is 16.0. The van der Waals surface area contributed by atoms with Gasteiger partial charge in [0.25, 0.3) is 0 Å². The van der Waals surface area contributed by atoms with E-state index in [-0.39, 0.29) is 47.2 Å². The highest BCUT2D eigenvalue weighted by atomic mass is 32.2. The van der Waals surface area contributed by atoms with Gasteiger partial charge in [0.05, 0.1) is 17.4 Å². The van der Waals surface area contributed by atoms with Crippen molar-refractivity contribution in [1.29, 1.82) is 0 Å². The predicted octanol–water partition coefficient (Wildman–Crippen LogP) is 11.4. The maximum Gasteiger partial charge on any atom is 0.453 e. The standard InChI is InChI=1S/C54H70F5N5O7S/c1-34(2)44-31-45(48(67)32-47(44)66)50-60-61-51(68)64(50)38-14-12-35(13-15-38)33-62-23-25-63(26-24-62)52(69)71-39-16-17-40-37(30-39)29-36(49-42(40)19-18-41-43(49)20-21-46(41)65)11-8-6-4-3-5-7-9-27-72(70)28-10-22-53(55,56)54(57,58)59/h12-17,30-32,34,36,41-43,46,49,65-67H,3-11,18-29,33H2,1-2H3,(H,61,68)/t36-,41+,42-,43-,46+,49-,72?/m1/s1. The quantitative estimate of drug-likeness (QED) is 0.0380. The lowest BCUT2D eigenvalue weighted by Gasteiger charge is -2.49. The molecule has 1 unspecified atom stereocenters. The summed E-state index contributed by atoms with van der Waals surface area (Å²) in [5, 5.41) is 50.7. The summed E-state index contributed by atoms with van der Waals surface area (Å²) in [5.74, 6) is -1.75. The molecule has 3 aromatic carbocycles. The van der Waals surface area contributed by atoms with Gasteiger partial charge in [0.15, 0.2) is 5.82 Å². The van der Waals surface area contributed by atoms with Gasteiger partial charge in [-0.05, 0) is 146 Å². The minimum Gasteiger partial charge on any atom is -0.616 e. The van der Waals surface area contributed by atoms with Crippen LogP contribution in [-0.4, -0.2) is 112 Å². The lowest BCUT2D eigenvalue weighted by atomic mass is 9.56. The maximum atomic E-state index is 13.6. The van der Waals surface area contributed by atoms with E-state index in [0.29, 0.717) is 97.1 Å². The van der Waals surface area contributed by atoms with Gasteiger partial charge in [0.1, 0.15) is 28.8 Å². The summed E-state index contributed by atoms with van der Waals surface area (Å²) in [6, 6.07) is 16.4. The van der Waals surface area contributed by atoms with E-state index >= 15 is 0 Å². The van der Waals surface area contributed by atoms with E-state index in [0.717, 1.165) is 82.6 Å². The summed E-state index contributed by atoms with van der Waals surface area (Å²) < 4.78 is 83.2. The lowest BCUT2D eigenvalue weighted by Crippen LogP contribution is -2.49. The SMILES string of the molecule is CC(C)c1cc(-c2nnc(O)n2-c2ccc(CN3CCN(C(=O)Oc4ccc5c(c4)C[C@@H](CCCCCCCCC[S+]([O-])CCCC(F)(F)C(F)(F)F)[C@H]4[C@@H]6CC[C@H](O)[C@H]6CC[C@H]54)CC3)cc2)c(O)cc1O. The zero-order valence-electron chi connectivity index (χ0n) is 41.3. The van der Waals surface area contributed by atoms with Gasteiger partial charge >= 0.3 is 24.2 Å². The molecule has 72 heavy (non-hydrogen) atoms. The van der Waals surface area contributed by atoms with Crippen LogP contribution in [0.15, 0.2) is 54.6 Å². The number of phenols is 2. The molecule has 12 nitrogen and oxygen atoms in total. The molecule has 1 amide bonds. The number of hydrogen-bond donors (Lipinski definition) is 4. The monoisotopic (exact) mass is 1030 g/mol. The molecule has 1 aromatic heterocycles. The van der Waals surface area contributed by atoms with Crippen LogP contribution < -0.4 is 4.74 Å². The van der Waals surface area contributed by atoms with Crippen molar-refractivity contribution in [2.45, 2.75) is 147 Å². The highest BCUT2D eigenvalue weighted by molar-refractivity contribution is 7.91. The third-order valence-corrected chi connectivity index (χ3v) is 17.5. The Morgan fingerprint density at radius 2 is 1.49 bits per heavy atom. The number of aromatic hydroxyl groups is 3. The van der Waals surface area contributed by atoms with Gasteiger partial charge in [-0.2, -0.15) is 22.0 Å². The number of hydrogen-bond acceptors (Lipinski definition) is 10. The highest BCUT2D eigenvalue weighted by Gasteiger charge is 2.56. The topological polar surface area (TPSA) is 167 Å². The van der Waals surface area contributed by atoms with Gasteiger partial charge < -0.3 is 34.6 Å². The molecule has 4 N–H and O–H groups in total. The molecule has 2 heterocycles. The second-order valence-electron chi connectivity index (χ2n) is 21.0. The van der Waals surface area contributed by atoms with E-state index in [2.05, 4.69) is 27.2 Å². The number of phenolic OH excluding ortho intramolecular Hbond substituents is 2. The van der Waals surface area contributed by atoms with Gasteiger partial charge in [-0.15, -0.1) is 5.10 Å². The molecule has 394 valence electrons. The normalized spacial score (nSPS) is 22.9. The highest BCUT2D eigenvalue weighted by Crippen LogP contribution is 2.58. The van der Waals surface area contributed by atoms with Crippen LogP contribution in [-0.2, 0) is 24.1 Å². The van der Waals surface area contributed by atoms with E-state index in [1.165, 1.54) is 21.8 Å². The van der Waals surface area contributed by atoms with Crippen LogP contribution in [0.2, 0.25) is 0 Å². The van der Waals surface area contributed by atoms with Crippen LogP contribution in [0.5, 0.6) is 23.3 Å². The maximum absolute atomic E-state index is 13.6. The average molecular weight is 1030 g/mol. The van der Waals surface area contributed by atoms with E-state index in [4.69, 9.17) is 4.74 Å². The average Bonchev–Trinajstić information content (AvgIpc) is 3.92. The molecule has 0 spiro atoms. The number of fused-ring (bicyclic) bond motifs is 5. The van der Waals surface area contributed by atoms with E-state index in [1.807, 2.05) is 44.2 Å². The van der Waals surface area contributed by atoms with Gasteiger partial charge in [0, 0.05) is 45.2 Å². The Morgan fingerprint density at radius 3 is 2.19 bits per heavy atom. The number of ether oxygens (including phenoxy) is 1. The molecule has 1 saturated heterocycles. The predicted molar refractivity (Wildman–Crippen MR) is 265 cm³/mol. The fourth-order valence-corrected chi connectivity index (χ4v) is 13.4. The smallest absolute Gasteiger partial charge is 0.453 e. The van der Waals surface area contributed by atoms with Crippen LogP contribution >= 0.6 is 0 Å². The molecule has 1 aliphatic heterocycles. The largest absolute Gasteiger partial charge is 0.616 e. The van der Waals surface area contributed by atoms with Crippen molar-refractivity contribution in [3.63, 3.8) is 0 Å². The van der Waals surface area contributed by atoms with E-state index in [1.54, 1.807) is 11.0 Å². The molecular formula is C54H70F5N5O7S. The number of carbonyl (C=O) groups is 1. The summed E-state index contributed by atoms with van der Waals surface area (Å²) in [5.41, 5.74) is 5.20. The molecule has 4 aliphatic rings. The Balaban J connectivity index is 0.797. The number of alkyl halides is 5. The molecule has 8 rings (SSSR count). The number of carbonyl (C=O) groups excluding carboxylic acids is 1. The van der Waals surface area contributed by atoms with Crippen LogP contribution in [0.4, 0.5) is 26.7 Å². The third kappa shape index (κ3) is 12.5.